The average Bonchev–Trinajstić information content (AvgIpc) is 3.66. The minimum atomic E-state index is -0.530. The van der Waals surface area contributed by atoms with Gasteiger partial charge in [0.05, 0.1) is 17.7 Å². The molecule has 0 saturated heterocycles. The van der Waals surface area contributed by atoms with Crippen LogP contribution >= 0.6 is 11.3 Å². The largest absolute Gasteiger partial charge is 0.488 e. The molecule has 2 aromatic heterocycles. The van der Waals surface area contributed by atoms with Crippen molar-refractivity contribution in [3.05, 3.63) is 112 Å². The summed E-state index contributed by atoms with van der Waals surface area (Å²) in [6.45, 7) is 7.00. The lowest BCUT2D eigenvalue weighted by molar-refractivity contribution is 0.0515. The maximum atomic E-state index is 12.9. The van der Waals surface area contributed by atoms with E-state index in [4.69, 9.17) is 18.7 Å². The smallest absolute Gasteiger partial charge is 0.361 e. The number of esters is 1. The number of hydrogen-bond acceptors (Lipinski definition) is 7. The van der Waals surface area contributed by atoms with Crippen LogP contribution in [0.4, 0.5) is 0 Å². The fourth-order valence-electron chi connectivity index (χ4n) is 4.41. The van der Waals surface area contributed by atoms with Crippen molar-refractivity contribution in [3.63, 3.8) is 0 Å². The summed E-state index contributed by atoms with van der Waals surface area (Å²) in [4.78, 5) is 12.9. The Labute approximate surface area is 238 Å². The first kappa shape index (κ1) is 27.2. The first-order chi connectivity index (χ1) is 19.5. The maximum absolute atomic E-state index is 12.9. The summed E-state index contributed by atoms with van der Waals surface area (Å²) < 4.78 is 24.0. The predicted molar refractivity (Wildman–Crippen MR) is 157 cm³/mol. The Kier molecular flexibility index (Phi) is 8.62. The molecule has 7 heteroatoms. The molecule has 0 aliphatic rings. The van der Waals surface area contributed by atoms with Gasteiger partial charge in [0.25, 0.3) is 0 Å². The quantitative estimate of drug-likeness (QED) is 0.153. The lowest BCUT2D eigenvalue weighted by Gasteiger charge is -2.19. The monoisotopic (exact) mass is 553 g/mol. The highest BCUT2D eigenvalue weighted by atomic mass is 32.1. The molecule has 0 amide bonds. The maximum Gasteiger partial charge on any atom is 0.361 e. The average molecular weight is 554 g/mol. The molecule has 0 spiro atoms. The number of ether oxygens (including phenoxy) is 3. The van der Waals surface area contributed by atoms with Gasteiger partial charge < -0.3 is 18.7 Å². The van der Waals surface area contributed by atoms with E-state index in [2.05, 4.69) is 19.0 Å². The molecule has 204 valence electrons. The molecule has 0 radical (unpaired) electrons. The number of carbonyl (C=O) groups excluding carboxylic acids is 1. The van der Waals surface area contributed by atoms with E-state index in [1.165, 1.54) is 11.3 Å². The highest BCUT2D eigenvalue weighted by Gasteiger charge is 2.29. The van der Waals surface area contributed by atoms with Gasteiger partial charge >= 0.3 is 5.97 Å². The highest BCUT2D eigenvalue weighted by Crippen LogP contribution is 2.44. The molecule has 0 fully saturated rings. The van der Waals surface area contributed by atoms with Gasteiger partial charge in [0.2, 0.25) is 0 Å². The van der Waals surface area contributed by atoms with Crippen LogP contribution in [0, 0.1) is 0 Å². The second-order valence-electron chi connectivity index (χ2n) is 9.56. The van der Waals surface area contributed by atoms with Crippen LogP contribution in [-0.2, 0) is 18.0 Å². The molecule has 0 aliphatic carbocycles. The van der Waals surface area contributed by atoms with Crippen LogP contribution in [0.2, 0.25) is 0 Å². The molecule has 0 aliphatic heterocycles. The van der Waals surface area contributed by atoms with E-state index in [1.807, 2.05) is 89.6 Å². The highest BCUT2D eigenvalue weighted by molar-refractivity contribution is 7.08. The van der Waals surface area contributed by atoms with Crippen LogP contribution in [0.3, 0.4) is 0 Å². The second-order valence-corrected chi connectivity index (χ2v) is 10.3. The zero-order chi connectivity index (χ0) is 27.9. The van der Waals surface area contributed by atoms with Crippen molar-refractivity contribution in [1.29, 1.82) is 0 Å². The number of nitrogens with zero attached hydrogens (tertiary/aromatic N) is 1. The van der Waals surface area contributed by atoms with Crippen molar-refractivity contribution in [2.75, 3.05) is 6.61 Å². The van der Waals surface area contributed by atoms with E-state index in [0.717, 1.165) is 28.0 Å². The Balaban J connectivity index is 1.63. The predicted octanol–water partition coefficient (Wildman–Crippen LogP) is 8.53. The molecule has 2 heterocycles. The lowest BCUT2D eigenvalue weighted by Crippen LogP contribution is -2.06. The SMILES string of the molecule is CCOC(=O)c1noc(-c2cc(C(C)C)c(OCc3ccccc3)cc2OCc2ccccc2)c1-c1ccsc1. The Bertz CT molecular complexity index is 1540. The normalized spacial score (nSPS) is 11.0. The number of rotatable bonds is 11. The van der Waals surface area contributed by atoms with Crippen molar-refractivity contribution >= 4 is 17.3 Å². The number of aromatic nitrogens is 1. The van der Waals surface area contributed by atoms with Crippen LogP contribution in [0.15, 0.2) is 94.1 Å². The van der Waals surface area contributed by atoms with Crippen molar-refractivity contribution in [1.82, 2.24) is 5.16 Å². The Morgan fingerprint density at radius 1 is 0.900 bits per heavy atom. The van der Waals surface area contributed by atoms with Crippen molar-refractivity contribution in [3.8, 4) is 33.9 Å². The fourth-order valence-corrected chi connectivity index (χ4v) is 5.06. The van der Waals surface area contributed by atoms with Crippen LogP contribution in [0.1, 0.15) is 53.9 Å². The third kappa shape index (κ3) is 6.10. The van der Waals surface area contributed by atoms with Gasteiger partial charge in [-0.1, -0.05) is 79.7 Å². The molecule has 3 aromatic carbocycles. The van der Waals surface area contributed by atoms with Gasteiger partial charge in [-0.05, 0) is 58.0 Å². The van der Waals surface area contributed by atoms with Gasteiger partial charge in [0, 0.05) is 6.07 Å². The van der Waals surface area contributed by atoms with E-state index in [0.29, 0.717) is 35.9 Å². The van der Waals surface area contributed by atoms with Crippen LogP contribution in [-0.4, -0.2) is 17.7 Å². The third-order valence-electron chi connectivity index (χ3n) is 6.42. The summed E-state index contributed by atoms with van der Waals surface area (Å²) in [5, 5.41) is 8.08. The molecule has 0 saturated carbocycles. The fraction of sp³-hybridized carbons (Fsp3) is 0.212. The van der Waals surface area contributed by atoms with E-state index in [1.54, 1.807) is 6.92 Å². The number of hydrogen-bond donors (Lipinski definition) is 0. The molecule has 0 unspecified atom stereocenters. The van der Waals surface area contributed by atoms with E-state index in [-0.39, 0.29) is 18.2 Å². The summed E-state index contributed by atoms with van der Waals surface area (Å²) in [5.74, 6) is 1.36. The van der Waals surface area contributed by atoms with Crippen molar-refractivity contribution < 1.29 is 23.5 Å². The van der Waals surface area contributed by atoms with E-state index >= 15 is 0 Å². The molecule has 0 atom stereocenters. The standard InChI is InChI=1S/C33H31NO5S/c1-4-36-33(35)31-30(25-15-16-40-21-25)32(39-34-31)27-17-26(22(2)3)28(37-19-23-11-7-5-8-12-23)18-29(27)38-20-24-13-9-6-10-14-24/h5-18,21-22H,4,19-20H2,1-3H3. The molecule has 5 rings (SSSR count). The molecule has 0 N–H and O–H groups in total. The summed E-state index contributed by atoms with van der Waals surface area (Å²) in [7, 11) is 0. The Hall–Kier alpha value is -4.36. The van der Waals surface area contributed by atoms with Crippen LogP contribution < -0.4 is 9.47 Å². The molecule has 40 heavy (non-hydrogen) atoms. The molecule has 6 nitrogen and oxygen atoms in total. The van der Waals surface area contributed by atoms with Crippen LogP contribution in [0.25, 0.3) is 22.5 Å². The molecular formula is C33H31NO5S. The minimum Gasteiger partial charge on any atom is -0.488 e. The first-order valence-corrected chi connectivity index (χ1v) is 14.2. The second kappa shape index (κ2) is 12.7. The summed E-state index contributed by atoms with van der Waals surface area (Å²) >= 11 is 1.53. The number of thiophene rings is 1. The molecular weight excluding hydrogens is 522 g/mol. The first-order valence-electron chi connectivity index (χ1n) is 13.3. The van der Waals surface area contributed by atoms with Gasteiger partial charge in [-0.3, -0.25) is 0 Å². The topological polar surface area (TPSA) is 70.8 Å². The van der Waals surface area contributed by atoms with Crippen molar-refractivity contribution in [2.45, 2.75) is 39.9 Å². The van der Waals surface area contributed by atoms with Crippen LogP contribution in [0.5, 0.6) is 11.5 Å². The van der Waals surface area contributed by atoms with Gasteiger partial charge in [-0.2, -0.15) is 11.3 Å². The minimum absolute atomic E-state index is 0.139. The van der Waals surface area contributed by atoms with Crippen molar-refractivity contribution in [2.24, 2.45) is 0 Å². The Morgan fingerprint density at radius 3 is 2.12 bits per heavy atom. The lowest BCUT2D eigenvalue weighted by atomic mass is 9.95. The molecule has 5 aromatic rings. The van der Waals surface area contributed by atoms with Gasteiger partial charge in [-0.15, -0.1) is 0 Å². The molecule has 0 bridgehead atoms. The van der Waals surface area contributed by atoms with E-state index in [9.17, 15) is 4.79 Å². The van der Waals surface area contributed by atoms with Gasteiger partial charge in [0.15, 0.2) is 11.5 Å². The number of benzene rings is 3. The summed E-state index contributed by atoms with van der Waals surface area (Å²) in [6.07, 6.45) is 0. The van der Waals surface area contributed by atoms with Gasteiger partial charge in [0.1, 0.15) is 24.7 Å². The summed E-state index contributed by atoms with van der Waals surface area (Å²) in [6, 6.07) is 25.9. The Morgan fingerprint density at radius 2 is 1.55 bits per heavy atom. The zero-order valence-corrected chi connectivity index (χ0v) is 23.6. The van der Waals surface area contributed by atoms with E-state index < -0.39 is 5.97 Å². The number of carbonyl (C=O) groups is 1. The third-order valence-corrected chi connectivity index (χ3v) is 7.11. The van der Waals surface area contributed by atoms with Gasteiger partial charge in [-0.25, -0.2) is 4.79 Å². The zero-order valence-electron chi connectivity index (χ0n) is 22.8. The summed E-state index contributed by atoms with van der Waals surface area (Å²) in [5.41, 5.74) is 5.32.